The Kier molecular flexibility index (Phi) is 6.03. The van der Waals surface area contributed by atoms with E-state index in [1.54, 1.807) is 11.3 Å². The highest BCUT2D eigenvalue weighted by atomic mass is 32.1. The van der Waals surface area contributed by atoms with Gasteiger partial charge in [-0.2, -0.15) is 5.10 Å². The van der Waals surface area contributed by atoms with Gasteiger partial charge in [0.15, 0.2) is 0 Å². The minimum Gasteiger partial charge on any atom is -0.353 e. The Hall–Kier alpha value is -2.97. The van der Waals surface area contributed by atoms with E-state index in [-0.39, 0.29) is 24.4 Å². The summed E-state index contributed by atoms with van der Waals surface area (Å²) in [6.07, 6.45) is 2.01. The summed E-state index contributed by atoms with van der Waals surface area (Å²) in [6.45, 7) is 6.12. The number of aryl methyl sites for hydroxylation is 1. The molecule has 5 rings (SSSR count). The molecule has 0 aliphatic carbocycles. The van der Waals surface area contributed by atoms with Crippen molar-refractivity contribution < 1.29 is 9.59 Å². The lowest BCUT2D eigenvalue weighted by Crippen LogP contribution is -2.53. The average molecular weight is 464 g/mol. The summed E-state index contributed by atoms with van der Waals surface area (Å²) < 4.78 is 1.89. The van der Waals surface area contributed by atoms with Crippen molar-refractivity contribution in [1.82, 2.24) is 24.9 Å². The fourth-order valence-electron chi connectivity index (χ4n) is 5.18. The van der Waals surface area contributed by atoms with Gasteiger partial charge in [-0.15, -0.1) is 11.3 Å². The topological polar surface area (TPSA) is 70.5 Å². The Morgan fingerprint density at radius 2 is 1.97 bits per heavy atom. The monoisotopic (exact) mass is 463 g/mol. The molecule has 1 N–H and O–H groups in total. The third-order valence-corrected chi connectivity index (χ3v) is 7.69. The standard InChI is InChI=1S/C25H29N5O2S/c1-17-23(18(2)30(27-17)19-8-4-3-5-9-19)24-25(32)26-12-14-28(24)16-22(31)29-13-6-10-20(29)21-11-7-15-33-21/h3-5,7-9,11,15,20,24H,6,10,12-14,16H2,1-2H3,(H,26,32)/t20-,24+/m1/s1. The van der Waals surface area contributed by atoms with Gasteiger partial charge < -0.3 is 10.2 Å². The van der Waals surface area contributed by atoms with E-state index >= 15 is 0 Å². The third kappa shape index (κ3) is 4.09. The molecule has 0 radical (unpaired) electrons. The molecule has 8 heteroatoms. The Bertz CT molecular complexity index is 1140. The Morgan fingerprint density at radius 1 is 1.15 bits per heavy atom. The van der Waals surface area contributed by atoms with Crippen molar-refractivity contribution >= 4 is 23.2 Å². The Balaban J connectivity index is 1.42. The van der Waals surface area contributed by atoms with E-state index in [0.29, 0.717) is 13.1 Å². The number of aromatic nitrogens is 2. The number of amides is 2. The van der Waals surface area contributed by atoms with Crippen LogP contribution in [-0.2, 0) is 9.59 Å². The summed E-state index contributed by atoms with van der Waals surface area (Å²) in [5.41, 5.74) is 3.59. The summed E-state index contributed by atoms with van der Waals surface area (Å²) in [4.78, 5) is 31.8. The normalized spacial score (nSPS) is 21.4. The van der Waals surface area contributed by atoms with Crippen molar-refractivity contribution in [3.05, 3.63) is 69.7 Å². The van der Waals surface area contributed by atoms with E-state index < -0.39 is 6.04 Å². The van der Waals surface area contributed by atoms with Crippen LogP contribution in [0.1, 0.15) is 46.8 Å². The average Bonchev–Trinajstić information content (AvgIpc) is 3.56. The number of benzene rings is 1. The SMILES string of the molecule is Cc1nn(-c2ccccc2)c(C)c1[C@H]1C(=O)NCCN1CC(=O)N1CCC[C@@H]1c1cccs1. The van der Waals surface area contributed by atoms with E-state index in [1.165, 1.54) is 4.88 Å². The molecule has 1 aromatic carbocycles. The summed E-state index contributed by atoms with van der Waals surface area (Å²) in [5.74, 6) is 0.0282. The van der Waals surface area contributed by atoms with E-state index in [4.69, 9.17) is 5.10 Å². The summed E-state index contributed by atoms with van der Waals surface area (Å²) in [5, 5.41) is 9.81. The molecule has 33 heavy (non-hydrogen) atoms. The molecule has 2 aliphatic rings. The minimum absolute atomic E-state index is 0.0657. The van der Waals surface area contributed by atoms with Crippen LogP contribution in [0.2, 0.25) is 0 Å². The van der Waals surface area contributed by atoms with Crippen molar-refractivity contribution in [2.45, 2.75) is 38.8 Å². The minimum atomic E-state index is -0.525. The smallest absolute Gasteiger partial charge is 0.242 e. The quantitative estimate of drug-likeness (QED) is 0.630. The zero-order chi connectivity index (χ0) is 22.9. The van der Waals surface area contributed by atoms with E-state index in [0.717, 1.165) is 42.0 Å². The molecule has 0 saturated carbocycles. The third-order valence-electron chi connectivity index (χ3n) is 6.72. The van der Waals surface area contributed by atoms with Gasteiger partial charge in [-0.25, -0.2) is 4.68 Å². The first-order chi connectivity index (χ1) is 16.0. The zero-order valence-electron chi connectivity index (χ0n) is 19.0. The molecule has 2 saturated heterocycles. The number of piperazine rings is 1. The van der Waals surface area contributed by atoms with Crippen molar-refractivity contribution in [3.63, 3.8) is 0 Å². The molecule has 2 atom stereocenters. The molecule has 2 amide bonds. The highest BCUT2D eigenvalue weighted by Gasteiger charge is 2.38. The van der Waals surface area contributed by atoms with Crippen molar-refractivity contribution in [1.29, 1.82) is 0 Å². The van der Waals surface area contributed by atoms with Crippen LogP contribution in [-0.4, -0.2) is 57.6 Å². The van der Waals surface area contributed by atoms with Crippen LogP contribution >= 0.6 is 11.3 Å². The van der Waals surface area contributed by atoms with Gasteiger partial charge in [0.25, 0.3) is 0 Å². The highest BCUT2D eigenvalue weighted by molar-refractivity contribution is 7.10. The number of hydrogen-bond acceptors (Lipinski definition) is 5. The van der Waals surface area contributed by atoms with Gasteiger partial charge >= 0.3 is 0 Å². The number of carbonyl (C=O) groups excluding carboxylic acids is 2. The first kappa shape index (κ1) is 21.9. The molecule has 2 aromatic heterocycles. The summed E-state index contributed by atoms with van der Waals surface area (Å²) in [6, 6.07) is 13.7. The number of hydrogen-bond donors (Lipinski definition) is 1. The van der Waals surface area contributed by atoms with Crippen LogP contribution in [0.3, 0.4) is 0 Å². The second-order valence-corrected chi connectivity index (χ2v) is 9.74. The van der Waals surface area contributed by atoms with Crippen LogP contribution in [0, 0.1) is 13.8 Å². The Morgan fingerprint density at radius 3 is 2.73 bits per heavy atom. The van der Waals surface area contributed by atoms with Crippen LogP contribution in [0.5, 0.6) is 0 Å². The van der Waals surface area contributed by atoms with Crippen molar-refractivity contribution in [2.75, 3.05) is 26.2 Å². The maximum absolute atomic E-state index is 13.4. The summed E-state index contributed by atoms with van der Waals surface area (Å²) >= 11 is 1.71. The van der Waals surface area contributed by atoms with Crippen molar-refractivity contribution in [2.24, 2.45) is 0 Å². The van der Waals surface area contributed by atoms with Gasteiger partial charge in [0, 0.05) is 35.8 Å². The zero-order valence-corrected chi connectivity index (χ0v) is 19.8. The fourth-order valence-corrected chi connectivity index (χ4v) is 6.05. The number of nitrogens with zero attached hydrogens (tertiary/aromatic N) is 4. The number of thiophene rings is 1. The molecule has 0 bridgehead atoms. The number of para-hydroxylation sites is 1. The van der Waals surface area contributed by atoms with Gasteiger partial charge in [0.2, 0.25) is 11.8 Å². The Labute approximate surface area is 198 Å². The van der Waals surface area contributed by atoms with Crippen LogP contribution in [0.25, 0.3) is 5.69 Å². The molecule has 0 spiro atoms. The lowest BCUT2D eigenvalue weighted by Gasteiger charge is -2.36. The van der Waals surface area contributed by atoms with Crippen LogP contribution in [0.4, 0.5) is 0 Å². The van der Waals surface area contributed by atoms with E-state index in [9.17, 15) is 9.59 Å². The molecule has 3 aromatic rings. The highest BCUT2D eigenvalue weighted by Crippen LogP contribution is 2.35. The summed E-state index contributed by atoms with van der Waals surface area (Å²) in [7, 11) is 0. The van der Waals surface area contributed by atoms with Gasteiger partial charge in [-0.1, -0.05) is 24.3 Å². The van der Waals surface area contributed by atoms with Gasteiger partial charge in [-0.05, 0) is 50.3 Å². The molecule has 0 unspecified atom stereocenters. The van der Waals surface area contributed by atoms with Crippen LogP contribution in [0.15, 0.2) is 47.8 Å². The van der Waals surface area contributed by atoms with E-state index in [1.807, 2.05) is 64.7 Å². The first-order valence-corrected chi connectivity index (χ1v) is 12.4. The van der Waals surface area contributed by atoms with Crippen LogP contribution < -0.4 is 5.32 Å². The molecule has 2 fully saturated rings. The maximum Gasteiger partial charge on any atom is 0.242 e. The second-order valence-electron chi connectivity index (χ2n) is 8.76. The molecule has 4 heterocycles. The second kappa shape index (κ2) is 9.11. The van der Waals surface area contributed by atoms with E-state index in [2.05, 4.69) is 16.8 Å². The first-order valence-electron chi connectivity index (χ1n) is 11.5. The lowest BCUT2D eigenvalue weighted by molar-refractivity contribution is -0.137. The molecule has 172 valence electrons. The lowest BCUT2D eigenvalue weighted by atomic mass is 10.00. The van der Waals surface area contributed by atoms with Gasteiger partial charge in [0.05, 0.1) is 24.0 Å². The molecule has 2 aliphatic heterocycles. The van der Waals surface area contributed by atoms with Crippen molar-refractivity contribution in [3.8, 4) is 5.69 Å². The molecular formula is C25H29N5O2S. The molecular weight excluding hydrogens is 434 g/mol. The van der Waals surface area contributed by atoms with Gasteiger partial charge in [0.1, 0.15) is 6.04 Å². The number of rotatable bonds is 5. The number of nitrogens with one attached hydrogen (secondary N) is 1. The largest absolute Gasteiger partial charge is 0.353 e. The number of carbonyl (C=O) groups is 2. The van der Waals surface area contributed by atoms with Gasteiger partial charge in [-0.3, -0.25) is 14.5 Å². The number of likely N-dealkylation sites (tertiary alicyclic amines) is 1. The fraction of sp³-hybridized carbons (Fsp3) is 0.400. The predicted octanol–water partition coefficient (Wildman–Crippen LogP) is 3.39. The predicted molar refractivity (Wildman–Crippen MR) is 128 cm³/mol. The molecule has 7 nitrogen and oxygen atoms in total. The maximum atomic E-state index is 13.4.